The molecule has 2 aromatic rings. The zero-order chi connectivity index (χ0) is 17.8. The molecule has 0 saturated carbocycles. The third-order valence-corrected chi connectivity index (χ3v) is 4.81. The first-order chi connectivity index (χ1) is 12.1. The molecule has 132 valence electrons. The van der Waals surface area contributed by atoms with E-state index < -0.39 is 6.10 Å². The van der Waals surface area contributed by atoms with Crippen molar-refractivity contribution < 1.29 is 9.53 Å². The highest BCUT2D eigenvalue weighted by Crippen LogP contribution is 2.25. The Kier molecular flexibility index (Phi) is 5.56. The minimum absolute atomic E-state index is 0.0250. The van der Waals surface area contributed by atoms with Crippen molar-refractivity contribution in [2.75, 3.05) is 19.6 Å². The van der Waals surface area contributed by atoms with Crippen LogP contribution in [-0.4, -0.2) is 41.5 Å². The third kappa shape index (κ3) is 4.11. The van der Waals surface area contributed by atoms with E-state index in [9.17, 15) is 4.79 Å². The Balaban J connectivity index is 1.74. The molecule has 1 aromatic carbocycles. The first kappa shape index (κ1) is 17.7. The molecule has 2 unspecified atom stereocenters. The number of nitrogens with zero attached hydrogens (tertiary/aromatic N) is 2. The largest absolute Gasteiger partial charge is 0.481 e. The van der Waals surface area contributed by atoms with E-state index in [4.69, 9.17) is 16.3 Å². The van der Waals surface area contributed by atoms with Gasteiger partial charge < -0.3 is 15.0 Å². The molecule has 0 radical (unpaired) electrons. The number of aromatic nitrogens is 1. The number of carbonyl (C=O) groups is 1. The quantitative estimate of drug-likeness (QED) is 0.911. The normalized spacial score (nSPS) is 18.7. The van der Waals surface area contributed by atoms with Gasteiger partial charge in [0.25, 0.3) is 5.91 Å². The predicted octanol–water partition coefficient (Wildman–Crippen LogP) is 2.98. The first-order valence-corrected chi connectivity index (χ1v) is 8.78. The minimum atomic E-state index is -0.571. The SMILES string of the molecule is Cc1cc(OC(C)C(=O)N2CCNCC2c2cccnc2)ccc1Cl. The molecular formula is C19H22ClN3O2. The number of pyridine rings is 1. The second-order valence-electron chi connectivity index (χ2n) is 6.21. The maximum absolute atomic E-state index is 13.0. The third-order valence-electron chi connectivity index (χ3n) is 4.39. The fraction of sp³-hybridized carbons (Fsp3) is 0.368. The molecule has 1 fully saturated rings. The Labute approximate surface area is 153 Å². The number of amides is 1. The summed E-state index contributed by atoms with van der Waals surface area (Å²) in [6.45, 7) is 5.83. The Hall–Kier alpha value is -2.11. The number of rotatable bonds is 4. The number of nitrogens with one attached hydrogen (secondary N) is 1. The summed E-state index contributed by atoms with van der Waals surface area (Å²) in [5, 5.41) is 4.03. The van der Waals surface area contributed by atoms with E-state index in [0.717, 1.165) is 17.7 Å². The summed E-state index contributed by atoms with van der Waals surface area (Å²) >= 11 is 6.04. The summed E-state index contributed by atoms with van der Waals surface area (Å²) in [4.78, 5) is 19.0. The number of benzene rings is 1. The van der Waals surface area contributed by atoms with Crippen LogP contribution in [0.25, 0.3) is 0 Å². The zero-order valence-corrected chi connectivity index (χ0v) is 15.2. The van der Waals surface area contributed by atoms with Gasteiger partial charge in [0.2, 0.25) is 0 Å². The Bertz CT molecular complexity index is 739. The van der Waals surface area contributed by atoms with Crippen molar-refractivity contribution in [3.05, 3.63) is 58.9 Å². The molecule has 25 heavy (non-hydrogen) atoms. The molecule has 1 aliphatic rings. The van der Waals surface area contributed by atoms with Crippen molar-refractivity contribution in [3.8, 4) is 5.75 Å². The van der Waals surface area contributed by atoms with Crippen molar-refractivity contribution in [1.82, 2.24) is 15.2 Å². The monoisotopic (exact) mass is 359 g/mol. The van der Waals surface area contributed by atoms with Crippen molar-refractivity contribution in [2.45, 2.75) is 26.0 Å². The number of carbonyl (C=O) groups excluding carboxylic acids is 1. The molecule has 2 heterocycles. The van der Waals surface area contributed by atoms with Gasteiger partial charge >= 0.3 is 0 Å². The van der Waals surface area contributed by atoms with E-state index in [1.807, 2.05) is 36.2 Å². The second-order valence-corrected chi connectivity index (χ2v) is 6.62. The number of hydrogen-bond donors (Lipinski definition) is 1. The van der Waals surface area contributed by atoms with Crippen LogP contribution < -0.4 is 10.1 Å². The van der Waals surface area contributed by atoms with E-state index in [1.54, 1.807) is 25.3 Å². The van der Waals surface area contributed by atoms with Crippen LogP contribution in [0.2, 0.25) is 5.02 Å². The highest BCUT2D eigenvalue weighted by molar-refractivity contribution is 6.31. The number of piperazine rings is 1. The molecule has 6 heteroatoms. The van der Waals surface area contributed by atoms with Gasteiger partial charge in [0.05, 0.1) is 6.04 Å². The summed E-state index contributed by atoms with van der Waals surface area (Å²) < 4.78 is 5.86. The van der Waals surface area contributed by atoms with Gasteiger partial charge in [-0.3, -0.25) is 9.78 Å². The predicted molar refractivity (Wildman–Crippen MR) is 97.8 cm³/mol. The van der Waals surface area contributed by atoms with Crippen LogP contribution in [0.15, 0.2) is 42.7 Å². The van der Waals surface area contributed by atoms with Gasteiger partial charge in [-0.2, -0.15) is 0 Å². The van der Waals surface area contributed by atoms with Crippen molar-refractivity contribution in [3.63, 3.8) is 0 Å². The van der Waals surface area contributed by atoms with Crippen molar-refractivity contribution in [1.29, 1.82) is 0 Å². The van der Waals surface area contributed by atoms with Gasteiger partial charge in [-0.05, 0) is 49.2 Å². The summed E-state index contributed by atoms with van der Waals surface area (Å²) in [6.07, 6.45) is 2.98. The van der Waals surface area contributed by atoms with Crippen LogP contribution in [0.1, 0.15) is 24.1 Å². The van der Waals surface area contributed by atoms with Crippen molar-refractivity contribution in [2.24, 2.45) is 0 Å². The molecule has 1 amide bonds. The van der Waals surface area contributed by atoms with Crippen LogP contribution in [0, 0.1) is 6.92 Å². The molecular weight excluding hydrogens is 338 g/mol. The smallest absolute Gasteiger partial charge is 0.263 e. The van der Waals surface area contributed by atoms with Crippen LogP contribution >= 0.6 is 11.6 Å². The molecule has 1 saturated heterocycles. The fourth-order valence-electron chi connectivity index (χ4n) is 3.02. The van der Waals surface area contributed by atoms with E-state index in [-0.39, 0.29) is 11.9 Å². The number of ether oxygens (including phenoxy) is 1. The molecule has 0 bridgehead atoms. The van der Waals surface area contributed by atoms with Crippen LogP contribution in [-0.2, 0) is 4.79 Å². The lowest BCUT2D eigenvalue weighted by Gasteiger charge is -2.37. The Morgan fingerprint density at radius 3 is 3.00 bits per heavy atom. The van der Waals surface area contributed by atoms with Gasteiger partial charge in [-0.15, -0.1) is 0 Å². The minimum Gasteiger partial charge on any atom is -0.481 e. The van der Waals surface area contributed by atoms with Gasteiger partial charge in [0, 0.05) is 37.1 Å². The molecule has 1 N–H and O–H groups in total. The van der Waals surface area contributed by atoms with Gasteiger partial charge in [-0.25, -0.2) is 0 Å². The van der Waals surface area contributed by atoms with Crippen LogP contribution in [0.4, 0.5) is 0 Å². The maximum Gasteiger partial charge on any atom is 0.263 e. The Morgan fingerprint density at radius 2 is 2.28 bits per heavy atom. The van der Waals surface area contributed by atoms with Gasteiger partial charge in [0.15, 0.2) is 6.10 Å². The van der Waals surface area contributed by atoms with E-state index in [1.165, 1.54) is 0 Å². The van der Waals surface area contributed by atoms with E-state index >= 15 is 0 Å². The molecule has 2 atom stereocenters. The lowest BCUT2D eigenvalue weighted by Crippen LogP contribution is -2.52. The second kappa shape index (κ2) is 7.85. The highest BCUT2D eigenvalue weighted by Gasteiger charge is 2.31. The molecule has 3 rings (SSSR count). The lowest BCUT2D eigenvalue weighted by atomic mass is 10.0. The van der Waals surface area contributed by atoms with Crippen LogP contribution in [0.5, 0.6) is 5.75 Å². The van der Waals surface area contributed by atoms with E-state index in [2.05, 4.69) is 10.3 Å². The Morgan fingerprint density at radius 1 is 1.44 bits per heavy atom. The number of aryl methyl sites for hydroxylation is 1. The van der Waals surface area contributed by atoms with Crippen molar-refractivity contribution >= 4 is 17.5 Å². The standard InChI is InChI=1S/C19H22ClN3O2/c1-13-10-16(5-6-17(13)20)25-14(2)19(24)23-9-8-22-12-18(23)15-4-3-7-21-11-15/h3-7,10-11,14,18,22H,8-9,12H2,1-2H3. The zero-order valence-electron chi connectivity index (χ0n) is 14.4. The molecule has 1 aromatic heterocycles. The summed E-state index contributed by atoms with van der Waals surface area (Å²) in [5.74, 6) is 0.624. The van der Waals surface area contributed by atoms with E-state index in [0.29, 0.717) is 23.9 Å². The topological polar surface area (TPSA) is 54.5 Å². The number of halogens is 1. The molecule has 0 aliphatic carbocycles. The van der Waals surface area contributed by atoms with Gasteiger partial charge in [0.1, 0.15) is 5.75 Å². The lowest BCUT2D eigenvalue weighted by molar-refractivity contribution is -0.141. The summed E-state index contributed by atoms with van der Waals surface area (Å²) in [7, 11) is 0. The average molecular weight is 360 g/mol. The molecule has 0 spiro atoms. The fourth-order valence-corrected chi connectivity index (χ4v) is 3.14. The highest BCUT2D eigenvalue weighted by atomic mass is 35.5. The summed E-state index contributed by atoms with van der Waals surface area (Å²) in [5.41, 5.74) is 1.95. The first-order valence-electron chi connectivity index (χ1n) is 8.40. The summed E-state index contributed by atoms with van der Waals surface area (Å²) in [6, 6.07) is 9.28. The molecule has 5 nitrogen and oxygen atoms in total. The van der Waals surface area contributed by atoms with Gasteiger partial charge in [-0.1, -0.05) is 17.7 Å². The van der Waals surface area contributed by atoms with Crippen LogP contribution in [0.3, 0.4) is 0 Å². The maximum atomic E-state index is 13.0. The molecule has 1 aliphatic heterocycles. The number of hydrogen-bond acceptors (Lipinski definition) is 4. The average Bonchev–Trinajstić information content (AvgIpc) is 2.65.